The van der Waals surface area contributed by atoms with Gasteiger partial charge in [0.25, 0.3) is 0 Å². The van der Waals surface area contributed by atoms with Crippen molar-refractivity contribution >= 4 is 6.71 Å². The quantitative estimate of drug-likeness (QED) is 0.484. The first-order chi connectivity index (χ1) is 4.86. The van der Waals surface area contributed by atoms with Gasteiger partial charge in [0, 0.05) is 11.9 Å². The van der Waals surface area contributed by atoms with E-state index in [2.05, 4.69) is 17.9 Å². The van der Waals surface area contributed by atoms with Crippen LogP contribution in [0.5, 0.6) is 0 Å². The zero-order chi connectivity index (χ0) is 6.97. The fourth-order valence-electron chi connectivity index (χ4n) is 1.62. The Morgan fingerprint density at radius 2 is 2.40 bits per heavy atom. The summed E-state index contributed by atoms with van der Waals surface area (Å²) in [6.07, 6.45) is 4.29. The molecule has 0 spiro atoms. The van der Waals surface area contributed by atoms with Crippen molar-refractivity contribution in [1.82, 2.24) is 4.98 Å². The lowest BCUT2D eigenvalue weighted by Crippen LogP contribution is -2.05. The highest BCUT2D eigenvalue weighted by Gasteiger charge is 2.20. The molecule has 10 heavy (non-hydrogen) atoms. The molecule has 0 radical (unpaired) electrons. The van der Waals surface area contributed by atoms with E-state index in [1.165, 1.54) is 23.9 Å². The van der Waals surface area contributed by atoms with Gasteiger partial charge in [-0.1, -0.05) is 12.9 Å². The second-order valence-corrected chi connectivity index (χ2v) is 3.12. The lowest BCUT2D eigenvalue weighted by Gasteiger charge is -1.92. The number of hydrogen-bond acceptors (Lipinski definition) is 1. The summed E-state index contributed by atoms with van der Waals surface area (Å²) in [5, 5.41) is 0. The average Bonchev–Trinajstić information content (AvgIpc) is 2.27. The van der Waals surface area contributed by atoms with Crippen LogP contribution in [0.25, 0.3) is 0 Å². The number of aromatic nitrogens is 1. The Morgan fingerprint density at radius 1 is 1.50 bits per heavy atom. The molecular formula is C8H10BN. The lowest BCUT2D eigenvalue weighted by molar-refractivity contribution is 1.15. The van der Waals surface area contributed by atoms with E-state index in [9.17, 15) is 0 Å². The summed E-state index contributed by atoms with van der Waals surface area (Å²) in [5.41, 5.74) is 2.77. The number of rotatable bonds is 0. The van der Waals surface area contributed by atoms with Gasteiger partial charge in [0.2, 0.25) is 0 Å². The Bertz CT molecular complexity index is 222. The molecule has 0 aromatic carbocycles. The molecule has 2 rings (SSSR count). The minimum Gasteiger partial charge on any atom is -0.262 e. The van der Waals surface area contributed by atoms with Gasteiger partial charge in [-0.05, 0) is 24.3 Å². The Balaban J connectivity index is 2.42. The third-order valence-electron chi connectivity index (χ3n) is 2.09. The molecule has 1 aliphatic rings. The molecule has 0 saturated heterocycles. The van der Waals surface area contributed by atoms with Crippen molar-refractivity contribution in [1.29, 1.82) is 0 Å². The van der Waals surface area contributed by atoms with Crippen molar-refractivity contribution < 1.29 is 0 Å². The highest BCUT2D eigenvalue weighted by atomic mass is 14.7. The van der Waals surface area contributed by atoms with Gasteiger partial charge in [0.1, 0.15) is 6.71 Å². The molecule has 0 bridgehead atoms. The van der Waals surface area contributed by atoms with Crippen molar-refractivity contribution in [3.8, 4) is 0 Å². The Kier molecular flexibility index (Phi) is 1.26. The van der Waals surface area contributed by atoms with Gasteiger partial charge in [-0.3, -0.25) is 4.98 Å². The summed E-state index contributed by atoms with van der Waals surface area (Å²) in [5.74, 6) is 0. The maximum absolute atomic E-state index is 4.31. The third-order valence-corrected chi connectivity index (χ3v) is 2.09. The van der Waals surface area contributed by atoms with Crippen molar-refractivity contribution in [3.63, 3.8) is 0 Å². The molecule has 0 fully saturated rings. The van der Waals surface area contributed by atoms with E-state index in [0.717, 1.165) is 6.71 Å². The third kappa shape index (κ3) is 0.840. The van der Waals surface area contributed by atoms with E-state index in [1.54, 1.807) is 0 Å². The molecule has 0 amide bonds. The molecule has 0 aliphatic carbocycles. The standard InChI is InChI=1S/C8H10BN/c1-9-5-7-3-2-4-10-8(7)6-9/h2-4H,5-6H2,1H3. The van der Waals surface area contributed by atoms with Crippen LogP contribution in [0, 0.1) is 0 Å². The molecule has 1 aromatic rings. The Morgan fingerprint density at radius 3 is 3.20 bits per heavy atom. The molecule has 0 unspecified atom stereocenters. The first-order valence-corrected chi connectivity index (χ1v) is 3.79. The zero-order valence-electron chi connectivity index (χ0n) is 6.17. The summed E-state index contributed by atoms with van der Waals surface area (Å²) in [4.78, 5) is 4.31. The average molecular weight is 131 g/mol. The zero-order valence-corrected chi connectivity index (χ0v) is 6.17. The summed E-state index contributed by atoms with van der Waals surface area (Å²) in [6, 6.07) is 4.21. The largest absolute Gasteiger partial charge is 0.262 e. The summed E-state index contributed by atoms with van der Waals surface area (Å²) in [7, 11) is 0. The predicted molar refractivity (Wildman–Crippen MR) is 43.3 cm³/mol. The molecule has 2 heteroatoms. The topological polar surface area (TPSA) is 12.9 Å². The van der Waals surface area contributed by atoms with E-state index < -0.39 is 0 Å². The first-order valence-electron chi connectivity index (χ1n) is 3.79. The number of hydrogen-bond donors (Lipinski definition) is 0. The van der Waals surface area contributed by atoms with Gasteiger partial charge in [0.05, 0.1) is 0 Å². The predicted octanol–water partition coefficient (Wildman–Crippen LogP) is 1.38. The van der Waals surface area contributed by atoms with Crippen LogP contribution in [0.2, 0.25) is 6.82 Å². The number of pyridine rings is 1. The SMILES string of the molecule is CB1Cc2cccnc2C1. The molecule has 0 atom stereocenters. The molecule has 50 valence electrons. The van der Waals surface area contributed by atoms with Gasteiger partial charge >= 0.3 is 0 Å². The fourth-order valence-corrected chi connectivity index (χ4v) is 1.62. The Labute approximate surface area is 61.6 Å². The van der Waals surface area contributed by atoms with Crippen LogP contribution in [0.4, 0.5) is 0 Å². The van der Waals surface area contributed by atoms with Crippen LogP contribution in [0.3, 0.4) is 0 Å². The molecule has 1 aliphatic heterocycles. The first kappa shape index (κ1) is 5.96. The molecule has 0 N–H and O–H groups in total. The Hall–Kier alpha value is -0.785. The normalized spacial score (nSPS) is 15.5. The van der Waals surface area contributed by atoms with Gasteiger partial charge < -0.3 is 0 Å². The van der Waals surface area contributed by atoms with Crippen LogP contribution in [0.15, 0.2) is 18.3 Å². The second kappa shape index (κ2) is 2.12. The highest BCUT2D eigenvalue weighted by molar-refractivity contribution is 6.57. The van der Waals surface area contributed by atoms with Crippen molar-refractivity contribution in [2.75, 3.05) is 0 Å². The minimum atomic E-state index is 0.810. The van der Waals surface area contributed by atoms with Gasteiger partial charge in [-0.15, -0.1) is 0 Å². The maximum Gasteiger partial charge on any atom is 0.148 e. The van der Waals surface area contributed by atoms with Gasteiger partial charge in [-0.2, -0.15) is 0 Å². The maximum atomic E-state index is 4.31. The van der Waals surface area contributed by atoms with Crippen molar-refractivity contribution in [2.45, 2.75) is 19.5 Å². The number of nitrogens with zero attached hydrogens (tertiary/aromatic N) is 1. The van der Waals surface area contributed by atoms with Crippen LogP contribution in [0.1, 0.15) is 11.3 Å². The van der Waals surface area contributed by atoms with Crippen LogP contribution in [-0.2, 0) is 12.6 Å². The summed E-state index contributed by atoms with van der Waals surface area (Å²) >= 11 is 0. The van der Waals surface area contributed by atoms with Crippen LogP contribution >= 0.6 is 0 Å². The van der Waals surface area contributed by atoms with Gasteiger partial charge in [-0.25, -0.2) is 0 Å². The molecule has 2 heterocycles. The van der Waals surface area contributed by atoms with Crippen molar-refractivity contribution in [3.05, 3.63) is 29.6 Å². The molecule has 0 saturated carbocycles. The van der Waals surface area contributed by atoms with Gasteiger partial charge in [0.15, 0.2) is 0 Å². The van der Waals surface area contributed by atoms with E-state index >= 15 is 0 Å². The monoisotopic (exact) mass is 131 g/mol. The van der Waals surface area contributed by atoms with Crippen molar-refractivity contribution in [2.24, 2.45) is 0 Å². The summed E-state index contributed by atoms with van der Waals surface area (Å²) < 4.78 is 0. The van der Waals surface area contributed by atoms with E-state index in [4.69, 9.17) is 0 Å². The van der Waals surface area contributed by atoms with E-state index in [0.29, 0.717) is 0 Å². The van der Waals surface area contributed by atoms with E-state index in [1.807, 2.05) is 12.3 Å². The van der Waals surface area contributed by atoms with Crippen LogP contribution < -0.4 is 0 Å². The lowest BCUT2D eigenvalue weighted by atomic mass is 9.50. The second-order valence-electron chi connectivity index (χ2n) is 3.12. The highest BCUT2D eigenvalue weighted by Crippen LogP contribution is 2.17. The number of fused-ring (bicyclic) bond motifs is 1. The molecule has 1 nitrogen and oxygen atoms in total. The fraction of sp³-hybridized carbons (Fsp3) is 0.375. The molecule has 1 aromatic heterocycles. The smallest absolute Gasteiger partial charge is 0.148 e. The molecular weight excluding hydrogens is 121 g/mol. The summed E-state index contributed by atoms with van der Waals surface area (Å²) in [6.45, 7) is 3.09. The minimum absolute atomic E-state index is 0.810. The van der Waals surface area contributed by atoms with Crippen LogP contribution in [-0.4, -0.2) is 11.7 Å². The van der Waals surface area contributed by atoms with E-state index in [-0.39, 0.29) is 0 Å².